The molecule has 1 aliphatic heterocycles. The van der Waals surface area contributed by atoms with E-state index in [0.717, 1.165) is 0 Å². The molecule has 0 radical (unpaired) electrons. The third-order valence-corrected chi connectivity index (χ3v) is 9.34. The number of ether oxygens (including phenoxy) is 2. The zero-order chi connectivity index (χ0) is 19.7. The van der Waals surface area contributed by atoms with E-state index in [1.165, 1.54) is 4.90 Å². The smallest absolute Gasteiger partial charge is 0.410 e. The summed E-state index contributed by atoms with van der Waals surface area (Å²) in [7, 11) is -2.00. The molecule has 0 unspecified atom stereocenters. The first-order chi connectivity index (χ1) is 11.1. The lowest BCUT2D eigenvalue weighted by Gasteiger charge is -2.49. The largest absolute Gasteiger partial charge is 0.465 e. The molecule has 146 valence electrons. The van der Waals surface area contributed by atoms with Crippen LogP contribution >= 0.6 is 0 Å². The van der Waals surface area contributed by atoms with Crippen molar-refractivity contribution in [2.75, 3.05) is 26.3 Å². The van der Waals surface area contributed by atoms with Crippen LogP contribution in [-0.2, 0) is 18.7 Å². The number of hydrogen-bond donors (Lipinski definition) is 0. The van der Waals surface area contributed by atoms with Crippen molar-refractivity contribution in [3.05, 3.63) is 0 Å². The summed E-state index contributed by atoms with van der Waals surface area (Å²) < 4.78 is 16.9. The van der Waals surface area contributed by atoms with Crippen LogP contribution in [0.1, 0.15) is 48.5 Å². The average molecular weight is 374 g/mol. The van der Waals surface area contributed by atoms with Crippen LogP contribution in [0.3, 0.4) is 0 Å². The normalized spacial score (nSPS) is 17.7. The van der Waals surface area contributed by atoms with Crippen LogP contribution < -0.4 is 0 Å². The van der Waals surface area contributed by atoms with Crippen molar-refractivity contribution in [1.82, 2.24) is 4.90 Å². The molecule has 0 bridgehead atoms. The molecular weight excluding hydrogens is 338 g/mol. The van der Waals surface area contributed by atoms with Gasteiger partial charge in [0.15, 0.2) is 8.32 Å². The van der Waals surface area contributed by atoms with Crippen LogP contribution in [0.2, 0.25) is 18.1 Å². The maximum absolute atomic E-state index is 12.5. The van der Waals surface area contributed by atoms with Crippen LogP contribution in [0.4, 0.5) is 4.79 Å². The minimum Gasteiger partial charge on any atom is -0.465 e. The van der Waals surface area contributed by atoms with Gasteiger partial charge in [0.2, 0.25) is 0 Å². The van der Waals surface area contributed by atoms with Crippen LogP contribution in [-0.4, -0.2) is 57.2 Å². The highest BCUT2D eigenvalue weighted by Crippen LogP contribution is 2.40. The third kappa shape index (κ3) is 5.44. The van der Waals surface area contributed by atoms with Gasteiger partial charge in [-0.1, -0.05) is 20.8 Å². The minimum absolute atomic E-state index is 0.0530. The number of likely N-dealkylation sites (tertiary alicyclic amines) is 1. The molecule has 0 N–H and O–H groups in total. The predicted molar refractivity (Wildman–Crippen MR) is 100 cm³/mol. The van der Waals surface area contributed by atoms with Crippen molar-refractivity contribution < 1.29 is 23.5 Å². The monoisotopic (exact) mass is 373 g/mol. The van der Waals surface area contributed by atoms with Gasteiger partial charge in [0.1, 0.15) is 11.0 Å². The molecule has 0 aromatic heterocycles. The molecule has 0 saturated carbocycles. The second-order valence-corrected chi connectivity index (χ2v) is 14.2. The Morgan fingerprint density at radius 2 is 1.60 bits per heavy atom. The first-order valence-corrected chi connectivity index (χ1v) is 11.8. The summed E-state index contributed by atoms with van der Waals surface area (Å²) in [6.45, 7) is 19.2. The number of esters is 1. The van der Waals surface area contributed by atoms with E-state index < -0.39 is 25.4 Å². The van der Waals surface area contributed by atoms with Crippen molar-refractivity contribution in [1.29, 1.82) is 0 Å². The topological polar surface area (TPSA) is 65.1 Å². The van der Waals surface area contributed by atoms with E-state index in [1.54, 1.807) is 6.92 Å². The molecule has 7 heteroatoms. The first-order valence-electron chi connectivity index (χ1n) is 8.93. The molecular formula is C18H35NO5Si. The lowest BCUT2D eigenvalue weighted by molar-refractivity contribution is -0.169. The molecule has 0 aromatic carbocycles. The molecule has 1 fully saturated rings. The fraction of sp³-hybridized carbons (Fsp3) is 0.889. The van der Waals surface area contributed by atoms with Gasteiger partial charge in [0.05, 0.1) is 13.2 Å². The second-order valence-electron chi connectivity index (χ2n) is 9.39. The number of nitrogens with zero attached hydrogens (tertiary/aromatic N) is 1. The Morgan fingerprint density at radius 1 is 1.08 bits per heavy atom. The van der Waals surface area contributed by atoms with Gasteiger partial charge in [-0.2, -0.15) is 0 Å². The highest BCUT2D eigenvalue weighted by Gasteiger charge is 2.54. The zero-order valence-corrected chi connectivity index (χ0v) is 18.3. The van der Waals surface area contributed by atoms with E-state index in [2.05, 4.69) is 33.9 Å². The molecule has 0 aliphatic carbocycles. The summed E-state index contributed by atoms with van der Waals surface area (Å²) in [6.07, 6.45) is -0.403. The van der Waals surface area contributed by atoms with Crippen molar-refractivity contribution in [3.8, 4) is 0 Å². The summed E-state index contributed by atoms with van der Waals surface area (Å²) >= 11 is 0. The molecule has 25 heavy (non-hydrogen) atoms. The quantitative estimate of drug-likeness (QED) is 0.541. The highest BCUT2D eigenvalue weighted by atomic mass is 28.4. The summed E-state index contributed by atoms with van der Waals surface area (Å²) in [6, 6.07) is 0. The van der Waals surface area contributed by atoms with Gasteiger partial charge >= 0.3 is 12.1 Å². The SMILES string of the molecule is CCOC(=O)C1(CO[Si](C)(C)C(C)(C)C)CN(C(=O)OC(C)(C)C)C1. The Hall–Kier alpha value is -1.08. The Kier molecular flexibility index (Phi) is 6.38. The summed E-state index contributed by atoms with van der Waals surface area (Å²) in [4.78, 5) is 26.2. The molecule has 1 rings (SSSR count). The average Bonchev–Trinajstić information content (AvgIpc) is 2.33. The third-order valence-electron chi connectivity index (χ3n) is 4.86. The van der Waals surface area contributed by atoms with Crippen molar-refractivity contribution in [3.63, 3.8) is 0 Å². The second kappa shape index (κ2) is 7.27. The fourth-order valence-electron chi connectivity index (χ4n) is 2.24. The molecule has 1 amide bonds. The minimum atomic E-state index is -2.00. The van der Waals surface area contributed by atoms with Gasteiger partial charge in [0.25, 0.3) is 0 Å². The van der Waals surface area contributed by atoms with E-state index in [9.17, 15) is 9.59 Å². The van der Waals surface area contributed by atoms with Crippen molar-refractivity contribution >= 4 is 20.4 Å². The molecule has 1 saturated heterocycles. The number of hydrogen-bond acceptors (Lipinski definition) is 5. The van der Waals surface area contributed by atoms with E-state index in [0.29, 0.717) is 6.61 Å². The maximum atomic E-state index is 12.5. The summed E-state index contributed by atoms with van der Waals surface area (Å²) in [5.41, 5.74) is -1.35. The van der Waals surface area contributed by atoms with Gasteiger partial charge in [-0.3, -0.25) is 4.79 Å². The van der Waals surface area contributed by atoms with Crippen LogP contribution in [0.5, 0.6) is 0 Å². The van der Waals surface area contributed by atoms with E-state index >= 15 is 0 Å². The standard InChI is InChI=1S/C18H35NO5Si/c1-10-22-14(20)18(13-23-25(8,9)17(5,6)7)11-19(12-18)15(21)24-16(2,3)4/h10-13H2,1-9H3. The van der Waals surface area contributed by atoms with E-state index in [4.69, 9.17) is 13.9 Å². The maximum Gasteiger partial charge on any atom is 0.410 e. The number of amides is 1. The predicted octanol–water partition coefficient (Wildman–Crippen LogP) is 3.81. The van der Waals surface area contributed by atoms with Gasteiger partial charge in [0, 0.05) is 13.1 Å². The van der Waals surface area contributed by atoms with Gasteiger partial charge in [-0.25, -0.2) is 4.79 Å². The number of rotatable bonds is 5. The molecule has 0 spiro atoms. The van der Waals surface area contributed by atoms with Crippen molar-refractivity contribution in [2.24, 2.45) is 5.41 Å². The fourth-order valence-corrected chi connectivity index (χ4v) is 3.31. The molecule has 1 aliphatic rings. The van der Waals surface area contributed by atoms with Gasteiger partial charge in [-0.15, -0.1) is 0 Å². The van der Waals surface area contributed by atoms with Crippen LogP contribution in [0.25, 0.3) is 0 Å². The van der Waals surface area contributed by atoms with Gasteiger partial charge in [-0.05, 0) is 45.8 Å². The lowest BCUT2D eigenvalue weighted by atomic mass is 9.81. The molecule has 1 heterocycles. The van der Waals surface area contributed by atoms with Crippen molar-refractivity contribution in [2.45, 2.75) is 72.2 Å². The Bertz CT molecular complexity index is 499. The molecule has 0 aromatic rings. The lowest BCUT2D eigenvalue weighted by Crippen LogP contribution is -2.66. The molecule has 6 nitrogen and oxygen atoms in total. The molecule has 0 atom stereocenters. The Morgan fingerprint density at radius 3 is 2.00 bits per heavy atom. The van der Waals surface area contributed by atoms with E-state index in [1.807, 2.05) is 20.8 Å². The highest BCUT2D eigenvalue weighted by molar-refractivity contribution is 6.74. The number of carbonyl (C=O) groups excluding carboxylic acids is 2. The Labute approximate surface area is 153 Å². The Balaban J connectivity index is 2.81. The van der Waals surface area contributed by atoms with Crippen LogP contribution in [0, 0.1) is 5.41 Å². The van der Waals surface area contributed by atoms with Gasteiger partial charge < -0.3 is 18.8 Å². The zero-order valence-electron chi connectivity index (χ0n) is 17.3. The summed E-state index contributed by atoms with van der Waals surface area (Å²) in [5, 5.41) is 0.0530. The first kappa shape index (κ1) is 22.0. The van der Waals surface area contributed by atoms with Crippen LogP contribution in [0.15, 0.2) is 0 Å². The number of carbonyl (C=O) groups is 2. The summed E-state index contributed by atoms with van der Waals surface area (Å²) in [5.74, 6) is -0.298. The van der Waals surface area contributed by atoms with E-state index in [-0.39, 0.29) is 30.7 Å².